The number of rotatable bonds is 6. The lowest BCUT2D eigenvalue weighted by atomic mass is 10.2. The summed E-state index contributed by atoms with van der Waals surface area (Å²) in [5, 5.41) is 16.5. The second kappa shape index (κ2) is 8.54. The zero-order valence-electron chi connectivity index (χ0n) is 15.0. The molecule has 0 spiro atoms. The average molecular weight is 375 g/mol. The van der Waals surface area contributed by atoms with Gasteiger partial charge in [-0.1, -0.05) is 0 Å². The Morgan fingerprint density at radius 1 is 1.04 bits per heavy atom. The van der Waals surface area contributed by atoms with E-state index in [0.717, 1.165) is 11.4 Å². The van der Waals surface area contributed by atoms with Crippen LogP contribution in [0.2, 0.25) is 0 Å². The summed E-state index contributed by atoms with van der Waals surface area (Å²) in [6, 6.07) is 15.0. The van der Waals surface area contributed by atoms with Gasteiger partial charge in [0, 0.05) is 41.3 Å². The van der Waals surface area contributed by atoms with Gasteiger partial charge in [-0.2, -0.15) is 0 Å². The molecule has 2 N–H and O–H groups in total. The van der Waals surface area contributed by atoms with E-state index in [1.165, 1.54) is 24.5 Å². The number of aryl methyl sites for hydroxylation is 1. The van der Waals surface area contributed by atoms with Crippen molar-refractivity contribution in [1.82, 2.24) is 9.97 Å². The smallest absolute Gasteiger partial charge is 0.269 e. The van der Waals surface area contributed by atoms with Gasteiger partial charge in [0.25, 0.3) is 5.69 Å². The maximum atomic E-state index is 12.0. The number of non-ortho nitro benzene ring substituents is 1. The van der Waals surface area contributed by atoms with Crippen molar-refractivity contribution >= 4 is 34.9 Å². The van der Waals surface area contributed by atoms with Gasteiger partial charge in [0.2, 0.25) is 5.91 Å². The van der Waals surface area contributed by atoms with Crippen molar-refractivity contribution in [2.45, 2.75) is 6.92 Å². The molecule has 0 aliphatic heterocycles. The van der Waals surface area contributed by atoms with Crippen LogP contribution in [-0.4, -0.2) is 20.8 Å². The van der Waals surface area contributed by atoms with Crippen LogP contribution in [-0.2, 0) is 4.79 Å². The van der Waals surface area contributed by atoms with Crippen molar-refractivity contribution in [3.05, 3.63) is 88.4 Å². The molecule has 8 heteroatoms. The topological polar surface area (TPSA) is 110 Å². The molecular formula is C20H17N5O3. The fourth-order valence-electron chi connectivity index (χ4n) is 2.37. The number of benzene rings is 2. The first-order valence-corrected chi connectivity index (χ1v) is 8.39. The van der Waals surface area contributed by atoms with Crippen molar-refractivity contribution in [2.75, 3.05) is 10.6 Å². The lowest BCUT2D eigenvalue weighted by molar-refractivity contribution is -0.384. The summed E-state index contributed by atoms with van der Waals surface area (Å²) in [6.45, 7) is 1.88. The van der Waals surface area contributed by atoms with Crippen LogP contribution in [0.1, 0.15) is 11.3 Å². The molecule has 3 aromatic rings. The quantitative estimate of drug-likeness (QED) is 0.381. The van der Waals surface area contributed by atoms with Crippen LogP contribution in [0.3, 0.4) is 0 Å². The first kappa shape index (κ1) is 18.7. The van der Waals surface area contributed by atoms with E-state index in [4.69, 9.17) is 0 Å². The van der Waals surface area contributed by atoms with Gasteiger partial charge in [0.15, 0.2) is 0 Å². The lowest BCUT2D eigenvalue weighted by Crippen LogP contribution is -2.07. The van der Waals surface area contributed by atoms with Crippen LogP contribution in [0.15, 0.2) is 67.0 Å². The summed E-state index contributed by atoms with van der Waals surface area (Å²) < 4.78 is 0. The second-order valence-electron chi connectivity index (χ2n) is 5.92. The fourth-order valence-corrected chi connectivity index (χ4v) is 2.37. The number of nitrogens with zero attached hydrogens (tertiary/aromatic N) is 3. The molecule has 28 heavy (non-hydrogen) atoms. The third kappa shape index (κ3) is 5.21. The van der Waals surface area contributed by atoms with Crippen molar-refractivity contribution in [2.24, 2.45) is 0 Å². The molecule has 0 radical (unpaired) electrons. The van der Waals surface area contributed by atoms with Gasteiger partial charge in [0.1, 0.15) is 12.1 Å². The molecule has 3 rings (SSSR count). The SMILES string of the molecule is Cc1cc(Nc2ccc(NC(=O)/C=C/c3ccc([N+](=O)[O-])cc3)cc2)ncn1. The maximum Gasteiger partial charge on any atom is 0.269 e. The van der Waals surface area contributed by atoms with E-state index in [9.17, 15) is 14.9 Å². The summed E-state index contributed by atoms with van der Waals surface area (Å²) in [5.41, 5.74) is 3.04. The average Bonchev–Trinajstić information content (AvgIpc) is 2.68. The van der Waals surface area contributed by atoms with Gasteiger partial charge < -0.3 is 10.6 Å². The molecule has 0 aliphatic rings. The fraction of sp³-hybridized carbons (Fsp3) is 0.0500. The number of hydrogen-bond donors (Lipinski definition) is 2. The van der Waals surface area contributed by atoms with E-state index in [-0.39, 0.29) is 11.6 Å². The van der Waals surface area contributed by atoms with Crippen LogP contribution >= 0.6 is 0 Å². The molecule has 1 amide bonds. The Hall–Kier alpha value is -4.07. The Labute approximate surface area is 161 Å². The Balaban J connectivity index is 1.57. The van der Waals surface area contributed by atoms with Gasteiger partial charge in [-0.05, 0) is 55.0 Å². The molecule has 0 aliphatic carbocycles. The molecule has 0 unspecified atom stereocenters. The minimum atomic E-state index is -0.468. The molecule has 8 nitrogen and oxygen atoms in total. The third-order valence-electron chi connectivity index (χ3n) is 3.76. The standard InChI is InChI=1S/C20H17N5O3/c1-14-12-19(22-13-21-14)23-16-5-7-17(8-6-16)24-20(26)11-4-15-2-9-18(10-3-15)25(27)28/h2-13H,1H3,(H,24,26)(H,21,22,23)/b11-4+. The van der Waals surface area contributed by atoms with E-state index in [0.29, 0.717) is 17.1 Å². The van der Waals surface area contributed by atoms with Gasteiger partial charge in [-0.15, -0.1) is 0 Å². The van der Waals surface area contributed by atoms with E-state index in [1.807, 2.05) is 25.1 Å². The predicted molar refractivity (Wildman–Crippen MR) is 107 cm³/mol. The maximum absolute atomic E-state index is 12.0. The normalized spacial score (nSPS) is 10.6. The van der Waals surface area contributed by atoms with Gasteiger partial charge in [-0.3, -0.25) is 14.9 Å². The first-order chi connectivity index (χ1) is 13.5. The number of hydrogen-bond acceptors (Lipinski definition) is 6. The molecule has 1 heterocycles. The van der Waals surface area contributed by atoms with E-state index in [2.05, 4.69) is 20.6 Å². The Morgan fingerprint density at radius 3 is 2.36 bits per heavy atom. The zero-order chi connectivity index (χ0) is 19.9. The minimum absolute atomic E-state index is 0.00688. The van der Waals surface area contributed by atoms with E-state index < -0.39 is 4.92 Å². The van der Waals surface area contributed by atoms with E-state index >= 15 is 0 Å². The highest BCUT2D eigenvalue weighted by molar-refractivity contribution is 6.02. The van der Waals surface area contributed by atoms with Crippen molar-refractivity contribution < 1.29 is 9.72 Å². The number of aromatic nitrogens is 2. The molecular weight excluding hydrogens is 358 g/mol. The minimum Gasteiger partial charge on any atom is -0.340 e. The molecule has 140 valence electrons. The number of nitro benzene ring substituents is 1. The zero-order valence-corrected chi connectivity index (χ0v) is 15.0. The number of amides is 1. The second-order valence-corrected chi connectivity index (χ2v) is 5.92. The van der Waals surface area contributed by atoms with Gasteiger partial charge in [0.05, 0.1) is 4.92 Å². The molecule has 2 aromatic carbocycles. The number of nitrogens with one attached hydrogen (secondary N) is 2. The van der Waals surface area contributed by atoms with Crippen molar-refractivity contribution in [3.63, 3.8) is 0 Å². The first-order valence-electron chi connectivity index (χ1n) is 8.39. The molecule has 1 aromatic heterocycles. The summed E-state index contributed by atoms with van der Waals surface area (Å²) in [5.74, 6) is 0.390. The Kier molecular flexibility index (Phi) is 5.71. The van der Waals surface area contributed by atoms with E-state index in [1.54, 1.807) is 30.3 Å². The number of carbonyl (C=O) groups is 1. The number of carbonyl (C=O) groups excluding carboxylic acids is 1. The molecule has 0 fully saturated rings. The highest BCUT2D eigenvalue weighted by Crippen LogP contribution is 2.18. The largest absolute Gasteiger partial charge is 0.340 e. The summed E-state index contributed by atoms with van der Waals surface area (Å²) in [6.07, 6.45) is 4.45. The number of nitro groups is 1. The highest BCUT2D eigenvalue weighted by Gasteiger charge is 2.03. The number of anilines is 3. The molecule has 0 saturated carbocycles. The summed E-state index contributed by atoms with van der Waals surface area (Å²) in [7, 11) is 0. The summed E-state index contributed by atoms with van der Waals surface area (Å²) >= 11 is 0. The molecule has 0 saturated heterocycles. The lowest BCUT2D eigenvalue weighted by Gasteiger charge is -2.07. The molecule has 0 atom stereocenters. The van der Waals surface area contributed by atoms with Crippen LogP contribution in [0.25, 0.3) is 6.08 Å². The van der Waals surface area contributed by atoms with Crippen LogP contribution in [0.5, 0.6) is 0 Å². The van der Waals surface area contributed by atoms with Crippen LogP contribution < -0.4 is 10.6 Å². The Bertz CT molecular complexity index is 1010. The Morgan fingerprint density at radius 2 is 1.71 bits per heavy atom. The van der Waals surface area contributed by atoms with Crippen LogP contribution in [0, 0.1) is 17.0 Å². The van der Waals surface area contributed by atoms with Crippen molar-refractivity contribution in [3.8, 4) is 0 Å². The third-order valence-corrected chi connectivity index (χ3v) is 3.76. The van der Waals surface area contributed by atoms with Gasteiger partial charge in [-0.25, -0.2) is 9.97 Å². The monoisotopic (exact) mass is 375 g/mol. The summed E-state index contributed by atoms with van der Waals surface area (Å²) in [4.78, 5) is 30.4. The predicted octanol–water partition coefficient (Wildman–Crippen LogP) is 4.09. The van der Waals surface area contributed by atoms with Gasteiger partial charge >= 0.3 is 0 Å². The van der Waals surface area contributed by atoms with Crippen molar-refractivity contribution in [1.29, 1.82) is 0 Å². The highest BCUT2D eigenvalue weighted by atomic mass is 16.6. The van der Waals surface area contributed by atoms with Crippen LogP contribution in [0.4, 0.5) is 22.9 Å². The molecule has 0 bridgehead atoms.